The first-order chi connectivity index (χ1) is 3.27. The Hall–Kier alpha value is -0.310. The van der Waals surface area contributed by atoms with E-state index in [1.165, 1.54) is 0 Å². The van der Waals surface area contributed by atoms with Crippen molar-refractivity contribution in [2.75, 3.05) is 7.05 Å². The molecule has 0 aliphatic carbocycles. The van der Waals surface area contributed by atoms with Crippen LogP contribution in [0.3, 0.4) is 0 Å². The molecule has 0 rings (SSSR count). The van der Waals surface area contributed by atoms with E-state index >= 15 is 0 Å². The van der Waals surface area contributed by atoms with Crippen molar-refractivity contribution in [1.29, 1.82) is 0 Å². The van der Waals surface area contributed by atoms with Crippen molar-refractivity contribution in [2.24, 2.45) is 5.73 Å². The van der Waals surface area contributed by atoms with E-state index in [1.54, 1.807) is 7.05 Å². The summed E-state index contributed by atoms with van der Waals surface area (Å²) in [5.74, 6) is 0. The second-order valence-corrected chi connectivity index (χ2v) is 1.05. The fourth-order valence-electron chi connectivity index (χ4n) is 0. The maximum absolute atomic E-state index is 4.91. The van der Waals surface area contributed by atoms with Crippen LogP contribution >= 0.6 is 12.2 Å². The van der Waals surface area contributed by atoms with Crippen LogP contribution in [0.15, 0.2) is 0 Å². The summed E-state index contributed by atoms with van der Waals surface area (Å²) < 4.78 is 0. The molecule has 0 saturated heterocycles. The maximum Gasteiger partial charge on any atom is 0.163 e. The molecule has 2 nitrogen and oxygen atoms in total. The van der Waals surface area contributed by atoms with Crippen LogP contribution in [0.2, 0.25) is 0 Å². The van der Waals surface area contributed by atoms with E-state index in [9.17, 15) is 0 Å². The molecule has 0 saturated carbocycles. The lowest BCUT2D eigenvalue weighted by Gasteiger charge is -1.85. The van der Waals surface area contributed by atoms with Crippen molar-refractivity contribution in [1.82, 2.24) is 5.32 Å². The zero-order chi connectivity index (χ0) is 6.28. The Labute approximate surface area is 50.1 Å². The standard InChI is InChI=1S/C2H6N2S.C2H6/c1-4-2(3)5;1-2/h1H3,(H3,3,4,5);1-2H3. The van der Waals surface area contributed by atoms with Gasteiger partial charge in [0, 0.05) is 7.05 Å². The van der Waals surface area contributed by atoms with Crippen molar-refractivity contribution in [3.63, 3.8) is 0 Å². The Balaban J connectivity index is 0. The second kappa shape index (κ2) is 9.19. The van der Waals surface area contributed by atoms with Gasteiger partial charge in [0.05, 0.1) is 0 Å². The highest BCUT2D eigenvalue weighted by Gasteiger charge is 1.66. The lowest BCUT2D eigenvalue weighted by Crippen LogP contribution is -2.24. The average molecular weight is 120 g/mol. The number of nitrogens with one attached hydrogen (secondary N) is 1. The van der Waals surface area contributed by atoms with Gasteiger partial charge in [-0.05, 0) is 12.2 Å². The molecule has 0 bridgehead atoms. The van der Waals surface area contributed by atoms with Crippen LogP contribution in [0, 0.1) is 0 Å². The third-order valence-electron chi connectivity index (χ3n) is 0.246. The van der Waals surface area contributed by atoms with Crippen LogP contribution in [0.5, 0.6) is 0 Å². The zero-order valence-corrected chi connectivity index (χ0v) is 5.80. The Kier molecular flexibility index (Phi) is 12.9. The van der Waals surface area contributed by atoms with Gasteiger partial charge in [-0.15, -0.1) is 0 Å². The van der Waals surface area contributed by atoms with Crippen LogP contribution in [0.25, 0.3) is 0 Å². The molecule has 0 aromatic heterocycles. The average Bonchev–Trinajstić information content (AvgIpc) is 1.73. The van der Waals surface area contributed by atoms with Gasteiger partial charge < -0.3 is 11.1 Å². The lowest BCUT2D eigenvalue weighted by atomic mass is 11.0. The van der Waals surface area contributed by atoms with Crippen molar-refractivity contribution in [3.05, 3.63) is 0 Å². The summed E-state index contributed by atoms with van der Waals surface area (Å²) >= 11 is 4.36. The summed E-state index contributed by atoms with van der Waals surface area (Å²) in [7, 11) is 1.68. The predicted octanol–water partition coefficient (Wildman–Crippen LogP) is 0.476. The van der Waals surface area contributed by atoms with Gasteiger partial charge in [0.1, 0.15) is 0 Å². The van der Waals surface area contributed by atoms with Gasteiger partial charge in [-0.2, -0.15) is 0 Å². The number of nitrogens with two attached hydrogens (primary N) is 1. The Morgan fingerprint density at radius 2 is 1.71 bits per heavy atom. The Bertz CT molecular complexity index is 45.0. The van der Waals surface area contributed by atoms with Gasteiger partial charge in [0.25, 0.3) is 0 Å². The number of thiocarbonyl (C=S) groups is 1. The molecule has 0 aromatic rings. The minimum Gasteiger partial charge on any atom is -0.376 e. The molecule has 0 heterocycles. The molecule has 44 valence electrons. The molecular weight excluding hydrogens is 108 g/mol. The van der Waals surface area contributed by atoms with E-state index in [0.29, 0.717) is 5.11 Å². The predicted molar refractivity (Wildman–Crippen MR) is 37.2 cm³/mol. The summed E-state index contributed by atoms with van der Waals surface area (Å²) in [5, 5.41) is 2.88. The van der Waals surface area contributed by atoms with E-state index in [0.717, 1.165) is 0 Å². The normalized spacial score (nSPS) is 5.57. The minimum absolute atomic E-state index is 0.338. The maximum atomic E-state index is 4.91. The zero-order valence-electron chi connectivity index (χ0n) is 4.99. The topological polar surface area (TPSA) is 38.0 Å². The third kappa shape index (κ3) is 27.1. The largest absolute Gasteiger partial charge is 0.376 e. The molecule has 0 fully saturated rings. The first-order valence-electron chi connectivity index (χ1n) is 2.24. The molecule has 0 aliphatic rings. The Morgan fingerprint density at radius 1 is 1.57 bits per heavy atom. The van der Waals surface area contributed by atoms with Crippen LogP contribution in [0.4, 0.5) is 0 Å². The summed E-state index contributed by atoms with van der Waals surface area (Å²) in [5.41, 5.74) is 4.91. The van der Waals surface area contributed by atoms with E-state index in [-0.39, 0.29) is 0 Å². The molecule has 0 aromatic carbocycles. The van der Waals surface area contributed by atoms with E-state index < -0.39 is 0 Å². The number of hydrogen-bond donors (Lipinski definition) is 2. The summed E-state index contributed by atoms with van der Waals surface area (Å²) in [6, 6.07) is 0. The van der Waals surface area contributed by atoms with Crippen LogP contribution < -0.4 is 11.1 Å². The highest BCUT2D eigenvalue weighted by atomic mass is 32.1. The first-order valence-corrected chi connectivity index (χ1v) is 2.65. The fraction of sp³-hybridized carbons (Fsp3) is 0.750. The van der Waals surface area contributed by atoms with Gasteiger partial charge in [-0.1, -0.05) is 13.8 Å². The molecule has 7 heavy (non-hydrogen) atoms. The van der Waals surface area contributed by atoms with Crippen LogP contribution in [0.1, 0.15) is 13.8 Å². The molecule has 0 spiro atoms. The summed E-state index contributed by atoms with van der Waals surface area (Å²) in [6.45, 7) is 4.00. The fourth-order valence-corrected chi connectivity index (χ4v) is 0. The molecular formula is C4H12N2S. The van der Waals surface area contributed by atoms with Gasteiger partial charge in [0.15, 0.2) is 5.11 Å². The van der Waals surface area contributed by atoms with Crippen molar-refractivity contribution >= 4 is 17.3 Å². The van der Waals surface area contributed by atoms with Crippen molar-refractivity contribution < 1.29 is 0 Å². The highest BCUT2D eigenvalue weighted by Crippen LogP contribution is 1.43. The molecule has 0 amide bonds. The second-order valence-electron chi connectivity index (χ2n) is 0.614. The Morgan fingerprint density at radius 3 is 1.71 bits per heavy atom. The van der Waals surface area contributed by atoms with E-state index in [2.05, 4.69) is 17.5 Å². The van der Waals surface area contributed by atoms with E-state index in [4.69, 9.17) is 5.73 Å². The molecule has 0 unspecified atom stereocenters. The van der Waals surface area contributed by atoms with Gasteiger partial charge in [0.2, 0.25) is 0 Å². The van der Waals surface area contributed by atoms with Gasteiger partial charge in [-0.3, -0.25) is 0 Å². The third-order valence-corrected chi connectivity index (χ3v) is 0.451. The number of rotatable bonds is 0. The van der Waals surface area contributed by atoms with Gasteiger partial charge >= 0.3 is 0 Å². The number of hydrogen-bond acceptors (Lipinski definition) is 1. The van der Waals surface area contributed by atoms with Crippen molar-refractivity contribution in [2.45, 2.75) is 13.8 Å². The highest BCUT2D eigenvalue weighted by molar-refractivity contribution is 7.80. The quantitative estimate of drug-likeness (QED) is 0.456. The molecule has 3 heteroatoms. The minimum atomic E-state index is 0.338. The van der Waals surface area contributed by atoms with Crippen LogP contribution in [-0.2, 0) is 0 Å². The summed E-state index contributed by atoms with van der Waals surface area (Å²) in [4.78, 5) is 0. The van der Waals surface area contributed by atoms with Crippen molar-refractivity contribution in [3.8, 4) is 0 Å². The monoisotopic (exact) mass is 120 g/mol. The van der Waals surface area contributed by atoms with E-state index in [1.807, 2.05) is 13.8 Å². The van der Waals surface area contributed by atoms with Crippen LogP contribution in [-0.4, -0.2) is 12.2 Å². The molecule has 0 radical (unpaired) electrons. The molecule has 3 N–H and O–H groups in total. The smallest absolute Gasteiger partial charge is 0.163 e. The lowest BCUT2D eigenvalue weighted by molar-refractivity contribution is 1.18. The molecule has 0 aliphatic heterocycles. The van der Waals surface area contributed by atoms with Gasteiger partial charge in [-0.25, -0.2) is 0 Å². The first kappa shape index (κ1) is 9.85. The molecule has 0 atom stereocenters. The summed E-state index contributed by atoms with van der Waals surface area (Å²) in [6.07, 6.45) is 0. The SMILES string of the molecule is CC.CNC(N)=S.